The first-order valence-electron chi connectivity index (χ1n) is 21.4. The summed E-state index contributed by atoms with van der Waals surface area (Å²) in [4.78, 5) is 9.87. The minimum Gasteiger partial charge on any atom is -0.495 e. The number of nitrogens with zero attached hydrogens (tertiary/aromatic N) is 4. The van der Waals surface area contributed by atoms with E-state index in [0.29, 0.717) is 5.92 Å². The lowest BCUT2D eigenvalue weighted by Crippen LogP contribution is -2.51. The van der Waals surface area contributed by atoms with Gasteiger partial charge in [-0.25, -0.2) is 0 Å². The van der Waals surface area contributed by atoms with Crippen LogP contribution in [0, 0.1) is 11.8 Å². The van der Waals surface area contributed by atoms with Crippen LogP contribution in [0.3, 0.4) is 0 Å². The highest BCUT2D eigenvalue weighted by Gasteiger charge is 2.42. The van der Waals surface area contributed by atoms with Crippen LogP contribution in [-0.4, -0.2) is 105 Å². The molecule has 2 saturated heterocycles. The van der Waals surface area contributed by atoms with Crippen molar-refractivity contribution in [2.24, 2.45) is 11.8 Å². The first-order chi connectivity index (χ1) is 27.0. The molecule has 2 saturated carbocycles. The molecule has 8 heteroatoms. The van der Waals surface area contributed by atoms with Crippen LogP contribution in [0.2, 0.25) is 0 Å². The molecule has 0 spiro atoms. The number of benzene rings is 3. The molecule has 2 N–H and O–H groups in total. The average molecular weight is 767 g/mol. The molecular weight excluding hydrogens is 697 g/mol. The number of hydrogen-bond acceptors (Lipinski definition) is 8. The van der Waals surface area contributed by atoms with Crippen molar-refractivity contribution in [3.05, 3.63) is 96.6 Å². The number of ether oxygens (including phenoxy) is 2. The summed E-state index contributed by atoms with van der Waals surface area (Å²) in [6, 6.07) is 25.3. The van der Waals surface area contributed by atoms with Crippen LogP contribution in [-0.2, 0) is 11.0 Å². The maximum Gasteiger partial charge on any atom is 0.142 e. The van der Waals surface area contributed by atoms with Gasteiger partial charge in [-0.15, -0.1) is 6.58 Å². The van der Waals surface area contributed by atoms with Crippen molar-refractivity contribution in [1.29, 1.82) is 0 Å². The Bertz CT molecular complexity index is 1680. The fraction of sp³-hybridized carbons (Fsp3) is 0.583. The van der Waals surface area contributed by atoms with Crippen LogP contribution in [0.4, 0.5) is 11.4 Å². The van der Waals surface area contributed by atoms with E-state index in [4.69, 9.17) is 9.47 Å². The van der Waals surface area contributed by atoms with Crippen LogP contribution in [0.5, 0.6) is 11.5 Å². The molecule has 8 nitrogen and oxygen atoms in total. The largest absolute Gasteiger partial charge is 0.495 e. The lowest BCUT2D eigenvalue weighted by Gasteiger charge is -2.45. The van der Waals surface area contributed by atoms with E-state index in [2.05, 4.69) is 95.5 Å². The molecule has 3 aromatic carbocycles. The van der Waals surface area contributed by atoms with Gasteiger partial charge in [-0.1, -0.05) is 101 Å². The average Bonchev–Trinajstić information content (AvgIpc) is 3.23. The van der Waals surface area contributed by atoms with Crippen molar-refractivity contribution in [2.45, 2.75) is 88.8 Å². The van der Waals surface area contributed by atoms with E-state index < -0.39 is 11.2 Å². The zero-order valence-electron chi connectivity index (χ0n) is 35.1. The molecular formula is C48H70N4O4. The molecule has 4 aliphatic rings. The second kappa shape index (κ2) is 18.8. The summed E-state index contributed by atoms with van der Waals surface area (Å²) >= 11 is 0. The van der Waals surface area contributed by atoms with Crippen molar-refractivity contribution in [2.75, 3.05) is 89.5 Å². The van der Waals surface area contributed by atoms with E-state index in [0.717, 1.165) is 121 Å². The first kappa shape index (κ1) is 42.1. The number of anilines is 2. The summed E-state index contributed by atoms with van der Waals surface area (Å²) in [5, 5.41) is 22.7. The predicted molar refractivity (Wildman–Crippen MR) is 231 cm³/mol. The van der Waals surface area contributed by atoms with E-state index >= 15 is 0 Å². The fourth-order valence-electron chi connectivity index (χ4n) is 9.63. The quantitative estimate of drug-likeness (QED) is 0.201. The fourth-order valence-corrected chi connectivity index (χ4v) is 9.63. The Balaban J connectivity index is 0.000000198. The van der Waals surface area contributed by atoms with Crippen LogP contribution < -0.4 is 19.3 Å². The third-order valence-corrected chi connectivity index (χ3v) is 13.3. The van der Waals surface area contributed by atoms with Crippen LogP contribution in [0.25, 0.3) is 0 Å². The highest BCUT2D eigenvalue weighted by molar-refractivity contribution is 5.59. The molecule has 4 unspecified atom stereocenters. The standard InChI is InChI=1S/C28H40N2O2.C20H30N2O2/c1-27(2,3)22-12-14-23(15-13-22)28(31)16-8-7-9-24(28)21-29-17-19-30(20-18-29)25-10-5-6-11-26(25)32-4;1-3-20(23)11-7-6-8-17(20)16-21-12-14-22(15-13-21)18-9-4-5-10-19(18)24-2/h5-6,10-15,24,31H,7-9,16-21H2,1-4H3;3-5,9-10,17,23H,1,6-8,11-16H2,2H3. The maximum atomic E-state index is 11.9. The molecule has 4 atom stereocenters. The zero-order valence-corrected chi connectivity index (χ0v) is 35.1. The summed E-state index contributed by atoms with van der Waals surface area (Å²) < 4.78 is 11.1. The monoisotopic (exact) mass is 767 g/mol. The molecule has 2 aliphatic carbocycles. The Hall–Kier alpha value is -3.56. The highest BCUT2D eigenvalue weighted by Crippen LogP contribution is 2.43. The molecule has 0 aromatic heterocycles. The SMILES string of the molecule is C=CC1(O)CCCCC1CN1CCN(c2ccccc2OC)CC1.COc1ccccc1N1CCN(CC2CCCCC2(O)c2ccc(C(C)(C)C)cc2)CC1. The summed E-state index contributed by atoms with van der Waals surface area (Å²) in [5.41, 5.74) is 3.54. The van der Waals surface area contributed by atoms with E-state index in [1.54, 1.807) is 20.3 Å². The molecule has 0 amide bonds. The van der Waals surface area contributed by atoms with Crippen molar-refractivity contribution in [3.63, 3.8) is 0 Å². The van der Waals surface area contributed by atoms with Crippen molar-refractivity contribution in [1.82, 2.24) is 9.80 Å². The normalized spacial score (nSPS) is 26.6. The second-order valence-corrected chi connectivity index (χ2v) is 17.8. The van der Waals surface area contributed by atoms with Gasteiger partial charge in [0.15, 0.2) is 0 Å². The van der Waals surface area contributed by atoms with Gasteiger partial charge in [-0.3, -0.25) is 9.80 Å². The number of hydrogen-bond donors (Lipinski definition) is 2. The van der Waals surface area contributed by atoms with Crippen LogP contribution in [0.15, 0.2) is 85.5 Å². The van der Waals surface area contributed by atoms with Crippen LogP contribution >= 0.6 is 0 Å². The summed E-state index contributed by atoms with van der Waals surface area (Å²) in [5.74, 6) is 2.50. The Morgan fingerprint density at radius 3 is 1.59 bits per heavy atom. The summed E-state index contributed by atoms with van der Waals surface area (Å²) in [7, 11) is 3.47. The minimum atomic E-state index is -0.714. The van der Waals surface area contributed by atoms with Gasteiger partial charge in [-0.05, 0) is 66.5 Å². The number of para-hydroxylation sites is 4. The molecule has 2 heterocycles. The molecule has 7 rings (SSSR count). The van der Waals surface area contributed by atoms with Gasteiger partial charge in [0.25, 0.3) is 0 Å². The molecule has 0 bridgehead atoms. The second-order valence-electron chi connectivity index (χ2n) is 17.8. The van der Waals surface area contributed by atoms with Crippen LogP contribution in [0.1, 0.15) is 83.3 Å². The lowest BCUT2D eigenvalue weighted by atomic mass is 9.70. The Labute approximate surface area is 338 Å². The molecule has 3 aromatic rings. The Morgan fingerprint density at radius 2 is 1.11 bits per heavy atom. The van der Waals surface area contributed by atoms with Gasteiger partial charge in [0.05, 0.1) is 36.8 Å². The van der Waals surface area contributed by atoms with Gasteiger partial charge >= 0.3 is 0 Å². The zero-order chi connectivity index (χ0) is 39.8. The molecule has 0 radical (unpaired) electrons. The predicted octanol–water partition coefficient (Wildman–Crippen LogP) is 8.12. The van der Waals surface area contributed by atoms with Crippen molar-refractivity contribution in [3.8, 4) is 11.5 Å². The van der Waals surface area contributed by atoms with E-state index in [-0.39, 0.29) is 11.3 Å². The molecule has 2 aliphatic heterocycles. The van der Waals surface area contributed by atoms with Crippen molar-refractivity contribution >= 4 is 11.4 Å². The van der Waals surface area contributed by atoms with Gasteiger partial charge in [-0.2, -0.15) is 0 Å². The number of rotatable bonds is 10. The molecule has 306 valence electrons. The van der Waals surface area contributed by atoms with E-state index in [9.17, 15) is 10.2 Å². The third kappa shape index (κ3) is 9.93. The lowest BCUT2D eigenvalue weighted by molar-refractivity contribution is -0.0660. The summed E-state index contributed by atoms with van der Waals surface area (Å²) in [6.45, 7) is 20.6. The Morgan fingerprint density at radius 1 is 0.643 bits per heavy atom. The minimum absolute atomic E-state index is 0.133. The first-order valence-corrected chi connectivity index (χ1v) is 21.4. The van der Waals surface area contributed by atoms with E-state index in [1.807, 2.05) is 24.3 Å². The number of methoxy groups -OCH3 is 2. The Kier molecular flexibility index (Phi) is 14.1. The third-order valence-electron chi connectivity index (χ3n) is 13.3. The number of aliphatic hydroxyl groups is 2. The smallest absolute Gasteiger partial charge is 0.142 e. The van der Waals surface area contributed by atoms with Crippen molar-refractivity contribution < 1.29 is 19.7 Å². The van der Waals surface area contributed by atoms with E-state index in [1.165, 1.54) is 29.8 Å². The van der Waals surface area contributed by atoms with Gasteiger partial charge < -0.3 is 29.5 Å². The summed E-state index contributed by atoms with van der Waals surface area (Å²) in [6.07, 6.45) is 10.4. The number of piperazine rings is 2. The highest BCUT2D eigenvalue weighted by atomic mass is 16.5. The maximum absolute atomic E-state index is 11.9. The van der Waals surface area contributed by atoms with Gasteiger partial charge in [0, 0.05) is 77.3 Å². The van der Waals surface area contributed by atoms with Gasteiger partial charge in [0.1, 0.15) is 11.5 Å². The topological polar surface area (TPSA) is 71.9 Å². The van der Waals surface area contributed by atoms with Gasteiger partial charge in [0.2, 0.25) is 0 Å². The molecule has 4 fully saturated rings. The molecule has 56 heavy (non-hydrogen) atoms.